The summed E-state index contributed by atoms with van der Waals surface area (Å²) in [4.78, 5) is 15.4. The third-order valence-corrected chi connectivity index (χ3v) is 7.72. The van der Waals surface area contributed by atoms with Crippen molar-refractivity contribution in [1.82, 2.24) is 10.2 Å². The van der Waals surface area contributed by atoms with E-state index in [9.17, 15) is 13.2 Å². The number of amides is 1. The third-order valence-electron chi connectivity index (χ3n) is 5.95. The largest absolute Gasteiger partial charge is 0.497 e. The van der Waals surface area contributed by atoms with E-state index in [2.05, 4.69) is 10.2 Å². The first-order chi connectivity index (χ1) is 16.5. The number of rotatable bonds is 11. The topological polar surface area (TPSA) is 88.2 Å². The molecule has 3 rings (SSSR count). The van der Waals surface area contributed by atoms with E-state index in [-0.39, 0.29) is 23.0 Å². The van der Waals surface area contributed by atoms with Crippen LogP contribution in [0.15, 0.2) is 53.4 Å². The van der Waals surface area contributed by atoms with E-state index in [0.717, 1.165) is 30.4 Å². The molecule has 0 aliphatic carbocycles. The fraction of sp³-hybridized carbons (Fsp3) is 0.480. The number of sulfonamides is 1. The molecule has 0 saturated carbocycles. The second-order valence-corrected chi connectivity index (χ2v) is 10.2. The molecule has 1 saturated heterocycles. The van der Waals surface area contributed by atoms with Crippen LogP contribution < -0.4 is 19.1 Å². The lowest BCUT2D eigenvalue weighted by atomic mass is 10.2. The van der Waals surface area contributed by atoms with Gasteiger partial charge in [-0.05, 0) is 63.2 Å². The van der Waals surface area contributed by atoms with Gasteiger partial charge in [-0.1, -0.05) is 31.0 Å². The number of hydrogen-bond donors (Lipinski definition) is 1. The van der Waals surface area contributed by atoms with E-state index in [1.54, 1.807) is 36.4 Å². The molecule has 1 N–H and O–H groups in total. The van der Waals surface area contributed by atoms with E-state index in [1.165, 1.54) is 52.0 Å². The zero-order valence-electron chi connectivity index (χ0n) is 20.0. The smallest absolute Gasteiger partial charge is 0.264 e. The Morgan fingerprint density at radius 1 is 1.00 bits per heavy atom. The number of ether oxygens (including phenoxy) is 2. The summed E-state index contributed by atoms with van der Waals surface area (Å²) in [7, 11) is -1.04. The van der Waals surface area contributed by atoms with Crippen LogP contribution in [0.2, 0.25) is 0 Å². The number of likely N-dealkylation sites (tertiary alicyclic amines) is 1. The fourth-order valence-corrected chi connectivity index (χ4v) is 5.54. The van der Waals surface area contributed by atoms with E-state index in [0.29, 0.717) is 18.0 Å². The number of nitrogens with one attached hydrogen (secondary N) is 1. The van der Waals surface area contributed by atoms with Crippen LogP contribution in [0.5, 0.6) is 11.5 Å². The Hall–Kier alpha value is -2.78. The van der Waals surface area contributed by atoms with Gasteiger partial charge in [0.25, 0.3) is 10.0 Å². The molecule has 1 amide bonds. The predicted molar refractivity (Wildman–Crippen MR) is 133 cm³/mol. The number of hydrogen-bond acceptors (Lipinski definition) is 6. The SMILES string of the molecule is COc1ccc(N(CC(=O)NCCCN2CCCCCC2)S(=O)(=O)c2ccccc2)c(OC)c1. The summed E-state index contributed by atoms with van der Waals surface area (Å²) in [6.07, 6.45) is 5.84. The molecular formula is C25H35N3O5S. The minimum Gasteiger partial charge on any atom is -0.497 e. The molecule has 0 radical (unpaired) electrons. The van der Waals surface area contributed by atoms with Crippen LogP contribution in [0.3, 0.4) is 0 Å². The number of carbonyl (C=O) groups is 1. The molecule has 0 spiro atoms. The first-order valence-corrected chi connectivity index (χ1v) is 13.2. The Kier molecular flexibility index (Phi) is 9.59. The van der Waals surface area contributed by atoms with Gasteiger partial charge in [-0.15, -0.1) is 0 Å². The molecule has 8 nitrogen and oxygen atoms in total. The van der Waals surface area contributed by atoms with Crippen molar-refractivity contribution in [2.75, 3.05) is 51.2 Å². The zero-order valence-corrected chi connectivity index (χ0v) is 20.9. The van der Waals surface area contributed by atoms with E-state index in [4.69, 9.17) is 9.47 Å². The van der Waals surface area contributed by atoms with Gasteiger partial charge in [0.05, 0.1) is 24.8 Å². The highest BCUT2D eigenvalue weighted by atomic mass is 32.2. The lowest BCUT2D eigenvalue weighted by Crippen LogP contribution is -2.41. The second-order valence-electron chi connectivity index (χ2n) is 8.32. The van der Waals surface area contributed by atoms with Crippen molar-refractivity contribution < 1.29 is 22.7 Å². The van der Waals surface area contributed by atoms with Gasteiger partial charge in [0.15, 0.2) is 0 Å². The van der Waals surface area contributed by atoms with Crippen molar-refractivity contribution in [3.8, 4) is 11.5 Å². The molecule has 0 aromatic heterocycles. The highest BCUT2D eigenvalue weighted by Crippen LogP contribution is 2.35. The zero-order chi connectivity index (χ0) is 24.4. The van der Waals surface area contributed by atoms with Crippen LogP contribution in [-0.4, -0.2) is 66.2 Å². The number of methoxy groups -OCH3 is 2. The average Bonchev–Trinajstić information content (AvgIpc) is 3.14. The number of anilines is 1. The minimum atomic E-state index is -4.01. The Labute approximate surface area is 202 Å². The molecule has 1 fully saturated rings. The van der Waals surface area contributed by atoms with Gasteiger partial charge in [0.1, 0.15) is 18.0 Å². The molecular weight excluding hydrogens is 454 g/mol. The van der Waals surface area contributed by atoms with Gasteiger partial charge in [0, 0.05) is 12.6 Å². The maximum Gasteiger partial charge on any atom is 0.264 e. The van der Waals surface area contributed by atoms with E-state index >= 15 is 0 Å². The maximum atomic E-state index is 13.5. The molecule has 2 aromatic carbocycles. The highest BCUT2D eigenvalue weighted by Gasteiger charge is 2.29. The number of nitrogens with zero attached hydrogens (tertiary/aromatic N) is 2. The summed E-state index contributed by atoms with van der Waals surface area (Å²) in [6.45, 7) is 3.28. The van der Waals surface area contributed by atoms with Gasteiger partial charge in [-0.2, -0.15) is 0 Å². The summed E-state index contributed by atoms with van der Waals surface area (Å²) < 4.78 is 38.8. The first kappa shape index (κ1) is 25.8. The molecule has 1 aliphatic rings. The Bertz CT molecular complexity index is 1020. The first-order valence-electron chi connectivity index (χ1n) is 11.7. The van der Waals surface area contributed by atoms with Crippen molar-refractivity contribution in [1.29, 1.82) is 0 Å². The fourth-order valence-electron chi connectivity index (χ4n) is 4.09. The summed E-state index contributed by atoms with van der Waals surface area (Å²) >= 11 is 0. The molecule has 9 heteroatoms. The van der Waals surface area contributed by atoms with Crippen LogP contribution in [0, 0.1) is 0 Å². The molecule has 0 atom stereocenters. The minimum absolute atomic E-state index is 0.0989. The van der Waals surface area contributed by atoms with Gasteiger partial charge in [-0.3, -0.25) is 9.10 Å². The molecule has 2 aromatic rings. The van der Waals surface area contributed by atoms with Crippen LogP contribution >= 0.6 is 0 Å². The van der Waals surface area contributed by atoms with E-state index < -0.39 is 10.0 Å². The van der Waals surface area contributed by atoms with E-state index in [1.807, 2.05) is 0 Å². The van der Waals surface area contributed by atoms with Crippen LogP contribution in [0.1, 0.15) is 32.1 Å². The van der Waals surface area contributed by atoms with Gasteiger partial charge >= 0.3 is 0 Å². The van der Waals surface area contributed by atoms with Crippen LogP contribution in [-0.2, 0) is 14.8 Å². The lowest BCUT2D eigenvalue weighted by Gasteiger charge is -2.26. The van der Waals surface area contributed by atoms with Crippen molar-refractivity contribution in [3.63, 3.8) is 0 Å². The molecule has 1 heterocycles. The van der Waals surface area contributed by atoms with Gasteiger partial charge in [-0.25, -0.2) is 8.42 Å². The lowest BCUT2D eigenvalue weighted by molar-refractivity contribution is -0.119. The van der Waals surface area contributed by atoms with Crippen molar-refractivity contribution in [2.24, 2.45) is 0 Å². The normalized spacial score (nSPS) is 14.8. The monoisotopic (exact) mass is 489 g/mol. The van der Waals surface area contributed by atoms with Crippen LogP contribution in [0.4, 0.5) is 5.69 Å². The molecule has 0 bridgehead atoms. The predicted octanol–water partition coefficient (Wildman–Crippen LogP) is 3.28. The molecule has 0 unspecified atom stereocenters. The maximum absolute atomic E-state index is 13.5. The standard InChI is InChI=1S/C25H35N3O5S/c1-32-21-13-14-23(24(19-21)33-2)28(34(30,31)22-11-6-5-7-12-22)20-25(29)26-15-10-18-27-16-8-3-4-9-17-27/h5-7,11-14,19H,3-4,8-10,15-18,20H2,1-2H3,(H,26,29). The van der Waals surface area contributed by atoms with Gasteiger partial charge in [0.2, 0.25) is 5.91 Å². The third kappa shape index (κ3) is 6.87. The summed E-state index contributed by atoms with van der Waals surface area (Å²) in [6, 6.07) is 12.9. The average molecular weight is 490 g/mol. The summed E-state index contributed by atoms with van der Waals surface area (Å²) in [5.74, 6) is 0.455. The molecule has 34 heavy (non-hydrogen) atoms. The van der Waals surface area contributed by atoms with Crippen molar-refractivity contribution in [2.45, 2.75) is 37.0 Å². The van der Waals surface area contributed by atoms with Gasteiger partial charge < -0.3 is 19.7 Å². The Morgan fingerprint density at radius 3 is 2.35 bits per heavy atom. The van der Waals surface area contributed by atoms with Crippen molar-refractivity contribution in [3.05, 3.63) is 48.5 Å². The summed E-state index contributed by atoms with van der Waals surface area (Å²) in [5.41, 5.74) is 0.270. The quantitative estimate of drug-likeness (QED) is 0.488. The number of benzene rings is 2. The Morgan fingerprint density at radius 2 is 1.71 bits per heavy atom. The Balaban J connectivity index is 1.73. The summed E-state index contributed by atoms with van der Waals surface area (Å²) in [5, 5.41) is 2.88. The molecule has 186 valence electrons. The molecule has 1 aliphatic heterocycles. The van der Waals surface area contributed by atoms with Crippen molar-refractivity contribution >= 4 is 21.6 Å². The number of carbonyl (C=O) groups excluding carboxylic acids is 1. The second kappa shape index (κ2) is 12.6. The van der Waals surface area contributed by atoms with Crippen LogP contribution in [0.25, 0.3) is 0 Å². The highest BCUT2D eigenvalue weighted by molar-refractivity contribution is 7.92.